The summed E-state index contributed by atoms with van der Waals surface area (Å²) >= 11 is 1.23. The average molecular weight is 394 g/mol. The second-order valence-electron chi connectivity index (χ2n) is 6.31. The highest BCUT2D eigenvalue weighted by atomic mass is 32.1. The number of Topliss-reactive ketones (excluding diaryl/α,β-unsaturated/α-hetero) is 1. The number of rotatable bonds is 5. The van der Waals surface area contributed by atoms with Gasteiger partial charge in [-0.3, -0.25) is 14.6 Å². The van der Waals surface area contributed by atoms with E-state index in [4.69, 9.17) is 0 Å². The lowest BCUT2D eigenvalue weighted by Crippen LogP contribution is -2.30. The Morgan fingerprint density at radius 1 is 1.14 bits per heavy atom. The molecule has 1 aromatic carbocycles. The Morgan fingerprint density at radius 3 is 2.50 bits per heavy atom. The molecular weight excluding hydrogens is 379 g/mol. The third kappa shape index (κ3) is 3.20. The summed E-state index contributed by atoms with van der Waals surface area (Å²) in [7, 11) is 0. The number of carbonyl (C=O) groups is 2. The zero-order valence-electron chi connectivity index (χ0n) is 14.6. The molecule has 1 amide bonds. The zero-order chi connectivity index (χ0) is 19.7. The third-order valence-corrected chi connectivity index (χ3v) is 5.45. The normalized spacial score (nSPS) is 16.7. The van der Waals surface area contributed by atoms with E-state index in [2.05, 4.69) is 4.98 Å². The van der Waals surface area contributed by atoms with Gasteiger partial charge >= 0.3 is 0 Å². The largest absolute Gasteiger partial charge is 0.503 e. The van der Waals surface area contributed by atoms with Crippen molar-refractivity contribution in [2.75, 3.05) is 0 Å². The van der Waals surface area contributed by atoms with Crippen LogP contribution in [0.2, 0.25) is 0 Å². The average Bonchev–Trinajstić information content (AvgIpc) is 3.33. The van der Waals surface area contributed by atoms with Gasteiger partial charge in [-0.15, -0.1) is 11.3 Å². The summed E-state index contributed by atoms with van der Waals surface area (Å²) in [5.41, 5.74) is 1.36. The first kappa shape index (κ1) is 18.1. The first-order chi connectivity index (χ1) is 13.6. The fraction of sp³-hybridized carbons (Fsp3) is 0.0952. The van der Waals surface area contributed by atoms with Crippen molar-refractivity contribution in [3.05, 3.63) is 99.5 Å². The van der Waals surface area contributed by atoms with E-state index < -0.39 is 29.3 Å². The Kier molecular flexibility index (Phi) is 4.75. The molecule has 1 aliphatic heterocycles. The topological polar surface area (TPSA) is 70.5 Å². The number of amides is 1. The highest BCUT2D eigenvalue weighted by molar-refractivity contribution is 7.12. The minimum Gasteiger partial charge on any atom is -0.503 e. The van der Waals surface area contributed by atoms with Crippen molar-refractivity contribution >= 4 is 23.0 Å². The monoisotopic (exact) mass is 394 g/mol. The maximum Gasteiger partial charge on any atom is 0.290 e. The highest BCUT2D eigenvalue weighted by Gasteiger charge is 2.43. The van der Waals surface area contributed by atoms with Crippen LogP contribution in [-0.2, 0) is 11.3 Å². The smallest absolute Gasteiger partial charge is 0.290 e. The molecule has 1 unspecified atom stereocenters. The Hall–Kier alpha value is -3.32. The molecule has 3 aromatic rings. The third-order valence-electron chi connectivity index (χ3n) is 4.58. The van der Waals surface area contributed by atoms with Gasteiger partial charge in [-0.1, -0.05) is 18.2 Å². The molecule has 0 bridgehead atoms. The summed E-state index contributed by atoms with van der Waals surface area (Å²) in [4.78, 5) is 31.7. The molecule has 140 valence electrons. The van der Waals surface area contributed by atoms with Crippen LogP contribution in [0, 0.1) is 5.82 Å². The molecule has 0 saturated carbocycles. The molecule has 0 fully saturated rings. The minimum atomic E-state index is -0.809. The number of ketones is 1. The van der Waals surface area contributed by atoms with Crippen LogP contribution in [0.15, 0.2) is 77.6 Å². The van der Waals surface area contributed by atoms with Crippen LogP contribution in [0.25, 0.3) is 0 Å². The van der Waals surface area contributed by atoms with Crippen LogP contribution < -0.4 is 0 Å². The number of thiophene rings is 1. The molecule has 0 spiro atoms. The maximum absolute atomic E-state index is 13.4. The number of nitrogens with zero attached hydrogens (tertiary/aromatic N) is 2. The van der Waals surface area contributed by atoms with E-state index in [-0.39, 0.29) is 12.1 Å². The van der Waals surface area contributed by atoms with Crippen LogP contribution in [0.4, 0.5) is 4.39 Å². The van der Waals surface area contributed by atoms with E-state index >= 15 is 0 Å². The van der Waals surface area contributed by atoms with E-state index in [1.165, 1.54) is 40.5 Å². The number of pyridine rings is 1. The number of hydrogen-bond donors (Lipinski definition) is 1. The lowest BCUT2D eigenvalue weighted by molar-refractivity contribution is -0.130. The van der Waals surface area contributed by atoms with Crippen molar-refractivity contribution in [2.24, 2.45) is 0 Å². The number of hydrogen-bond acceptors (Lipinski definition) is 5. The van der Waals surface area contributed by atoms with Gasteiger partial charge in [0.15, 0.2) is 5.76 Å². The summed E-state index contributed by atoms with van der Waals surface area (Å²) in [5, 5.41) is 12.3. The first-order valence-corrected chi connectivity index (χ1v) is 9.41. The molecular formula is C21H15FN2O3S. The predicted octanol–water partition coefficient (Wildman–Crippen LogP) is 4.06. The van der Waals surface area contributed by atoms with Gasteiger partial charge in [0.1, 0.15) is 5.82 Å². The van der Waals surface area contributed by atoms with E-state index in [0.29, 0.717) is 10.4 Å². The number of aliphatic hydroxyl groups is 1. The van der Waals surface area contributed by atoms with Gasteiger partial charge in [-0.25, -0.2) is 4.39 Å². The van der Waals surface area contributed by atoms with E-state index in [1.54, 1.807) is 42.0 Å². The maximum atomic E-state index is 13.4. The molecule has 3 heterocycles. The molecule has 0 radical (unpaired) electrons. The second-order valence-corrected chi connectivity index (χ2v) is 7.26. The highest BCUT2D eigenvalue weighted by Crippen LogP contribution is 2.40. The van der Waals surface area contributed by atoms with Gasteiger partial charge in [0.25, 0.3) is 5.91 Å². The number of aromatic nitrogens is 1. The van der Waals surface area contributed by atoms with Gasteiger partial charge in [0.2, 0.25) is 5.78 Å². The van der Waals surface area contributed by atoms with Crippen molar-refractivity contribution in [3.8, 4) is 0 Å². The molecule has 0 saturated heterocycles. The summed E-state index contributed by atoms with van der Waals surface area (Å²) in [6.45, 7) is 0.175. The van der Waals surface area contributed by atoms with Crippen molar-refractivity contribution in [1.29, 1.82) is 0 Å². The minimum absolute atomic E-state index is 0.00751. The standard InChI is InChI=1S/C21H15FN2O3S/c22-15-5-3-14(4-6-15)18-17(19(25)16-2-1-11-28-16)20(26)21(27)24(18)12-13-7-9-23-10-8-13/h1-11,18,26H,12H2. The molecule has 4 rings (SSSR count). The predicted molar refractivity (Wildman–Crippen MR) is 102 cm³/mol. The number of benzene rings is 1. The number of aliphatic hydroxyl groups excluding tert-OH is 1. The van der Waals surface area contributed by atoms with E-state index in [1.807, 2.05) is 0 Å². The molecule has 1 aliphatic rings. The van der Waals surface area contributed by atoms with Crippen molar-refractivity contribution in [2.45, 2.75) is 12.6 Å². The summed E-state index contributed by atoms with van der Waals surface area (Å²) < 4.78 is 13.4. The zero-order valence-corrected chi connectivity index (χ0v) is 15.4. The fourth-order valence-electron chi connectivity index (χ4n) is 3.27. The van der Waals surface area contributed by atoms with Crippen LogP contribution >= 0.6 is 11.3 Å². The molecule has 7 heteroatoms. The first-order valence-electron chi connectivity index (χ1n) is 8.53. The Labute approximate surface area is 164 Å². The molecule has 2 aromatic heterocycles. The summed E-state index contributed by atoms with van der Waals surface area (Å²) in [6.07, 6.45) is 3.21. The SMILES string of the molecule is O=C(C1=C(O)C(=O)N(Cc2ccncc2)C1c1ccc(F)cc1)c1cccs1. The van der Waals surface area contributed by atoms with Gasteiger partial charge in [-0.05, 0) is 46.8 Å². The lowest BCUT2D eigenvalue weighted by atomic mass is 9.95. The Bertz CT molecular complexity index is 1050. The molecule has 28 heavy (non-hydrogen) atoms. The van der Waals surface area contributed by atoms with E-state index in [9.17, 15) is 19.1 Å². The van der Waals surface area contributed by atoms with Crippen LogP contribution in [-0.4, -0.2) is 26.7 Å². The van der Waals surface area contributed by atoms with Crippen LogP contribution in [0.1, 0.15) is 26.8 Å². The summed E-state index contributed by atoms with van der Waals surface area (Å²) in [5.74, 6) is -2.03. The van der Waals surface area contributed by atoms with Crippen molar-refractivity contribution in [1.82, 2.24) is 9.88 Å². The number of halogens is 1. The van der Waals surface area contributed by atoms with Gasteiger partial charge < -0.3 is 10.0 Å². The lowest BCUT2D eigenvalue weighted by Gasteiger charge is -2.26. The van der Waals surface area contributed by atoms with Gasteiger partial charge in [0.05, 0.1) is 16.5 Å². The summed E-state index contributed by atoms with van der Waals surface area (Å²) in [6, 6.07) is 11.7. The van der Waals surface area contributed by atoms with Crippen LogP contribution in [0.5, 0.6) is 0 Å². The molecule has 1 N–H and O–H groups in total. The van der Waals surface area contributed by atoms with Gasteiger partial charge in [0, 0.05) is 18.9 Å². The van der Waals surface area contributed by atoms with Crippen LogP contribution in [0.3, 0.4) is 0 Å². The second kappa shape index (κ2) is 7.36. The van der Waals surface area contributed by atoms with Crippen molar-refractivity contribution < 1.29 is 19.1 Å². The Balaban J connectivity index is 1.79. The number of carbonyl (C=O) groups excluding carboxylic acids is 2. The molecule has 0 aliphatic carbocycles. The quantitative estimate of drug-likeness (QED) is 0.663. The molecule has 5 nitrogen and oxygen atoms in total. The van der Waals surface area contributed by atoms with E-state index in [0.717, 1.165) is 5.56 Å². The van der Waals surface area contributed by atoms with Gasteiger partial charge in [-0.2, -0.15) is 0 Å². The van der Waals surface area contributed by atoms with Crippen molar-refractivity contribution in [3.63, 3.8) is 0 Å². The molecule has 1 atom stereocenters. The Morgan fingerprint density at radius 2 is 1.86 bits per heavy atom. The fourth-order valence-corrected chi connectivity index (χ4v) is 3.94.